The number of ether oxygens (including phenoxy) is 1. The number of halogens is 3. The Morgan fingerprint density at radius 3 is 2.12 bits per heavy atom. The maximum atomic E-state index is 13.6. The van der Waals surface area contributed by atoms with E-state index in [4.69, 9.17) is 4.74 Å². The Balaban J connectivity index is 3.58. The third kappa shape index (κ3) is 3.77. The second-order valence-electron chi connectivity index (χ2n) is 5.21. The van der Waals surface area contributed by atoms with Crippen molar-refractivity contribution in [2.75, 3.05) is 25.6 Å². The van der Waals surface area contributed by atoms with E-state index >= 15 is 0 Å². The molecule has 0 spiro atoms. The van der Waals surface area contributed by atoms with Gasteiger partial charge in [0, 0.05) is 36.5 Å². The highest BCUT2D eigenvalue weighted by Gasteiger charge is 2.26. The Labute approximate surface area is 138 Å². The molecule has 0 atom stereocenters. The number of hydrogen-bond donors (Lipinski definition) is 0. The lowest BCUT2D eigenvalue weighted by Gasteiger charge is -2.24. The molecule has 0 aliphatic heterocycles. The first-order chi connectivity index (χ1) is 11.3. The van der Waals surface area contributed by atoms with Crippen molar-refractivity contribution in [2.24, 2.45) is 0 Å². The van der Waals surface area contributed by atoms with Crippen molar-refractivity contribution in [3.8, 4) is 0 Å². The summed E-state index contributed by atoms with van der Waals surface area (Å²) < 4.78 is 44.9. The van der Waals surface area contributed by atoms with Gasteiger partial charge in [-0.25, -0.2) is 18.0 Å². The Bertz CT molecular complexity index is 657. The molecule has 0 aliphatic carbocycles. The number of anilines is 1. The van der Waals surface area contributed by atoms with E-state index in [1.165, 1.54) is 19.0 Å². The maximum Gasteiger partial charge on any atom is 0.341 e. The average Bonchev–Trinajstić information content (AvgIpc) is 2.58. The van der Waals surface area contributed by atoms with E-state index in [0.29, 0.717) is 0 Å². The molecule has 1 rings (SSSR count). The summed E-state index contributed by atoms with van der Waals surface area (Å²) in [5.74, 6) is -1.81. The maximum absolute atomic E-state index is 13.6. The number of rotatable bonds is 8. The molecule has 0 aliphatic rings. The normalized spacial score (nSPS) is 10.4. The van der Waals surface area contributed by atoms with Gasteiger partial charge in [0.15, 0.2) is 5.78 Å². The molecule has 0 N–H and O–H groups in total. The summed E-state index contributed by atoms with van der Waals surface area (Å²) in [6, 6.07) is 1.07. The van der Waals surface area contributed by atoms with Crippen molar-refractivity contribution in [3.05, 3.63) is 40.5 Å². The third-order valence-electron chi connectivity index (χ3n) is 3.50. The molecular weight excluding hydrogens is 323 g/mol. The van der Waals surface area contributed by atoms with Crippen molar-refractivity contribution < 1.29 is 27.5 Å². The highest BCUT2D eigenvalue weighted by Crippen LogP contribution is 2.34. The molecule has 24 heavy (non-hydrogen) atoms. The summed E-state index contributed by atoms with van der Waals surface area (Å²) in [4.78, 5) is 25.6. The van der Waals surface area contributed by atoms with Gasteiger partial charge in [0.05, 0.1) is 6.61 Å². The molecule has 4 nitrogen and oxygen atoms in total. The summed E-state index contributed by atoms with van der Waals surface area (Å²) in [5, 5.41) is 0. The van der Waals surface area contributed by atoms with Crippen LogP contribution in [-0.2, 0) is 29.6 Å². The number of carbonyl (C=O) groups excluding carboxylic acids is 2. The van der Waals surface area contributed by atoms with Crippen molar-refractivity contribution in [3.63, 3.8) is 0 Å². The molecule has 1 aromatic rings. The van der Waals surface area contributed by atoms with Crippen LogP contribution in [0, 0.1) is 0 Å². The zero-order valence-corrected chi connectivity index (χ0v) is 13.9. The number of alkyl halides is 3. The van der Waals surface area contributed by atoms with Crippen molar-refractivity contribution >= 4 is 17.4 Å². The Morgan fingerprint density at radius 2 is 1.71 bits per heavy atom. The number of carbonyl (C=O) groups is 2. The van der Waals surface area contributed by atoms with Gasteiger partial charge in [-0.1, -0.05) is 6.58 Å². The second kappa shape index (κ2) is 8.52. The lowest BCUT2D eigenvalue weighted by molar-refractivity contribution is -0.138. The van der Waals surface area contributed by atoms with Gasteiger partial charge in [-0.2, -0.15) is 0 Å². The lowest BCUT2D eigenvalue weighted by atomic mass is 9.92. The molecule has 132 valence electrons. The smallest absolute Gasteiger partial charge is 0.341 e. The fourth-order valence-corrected chi connectivity index (χ4v) is 2.43. The molecule has 0 radical (unpaired) electrons. The number of ketones is 1. The zero-order valence-electron chi connectivity index (χ0n) is 13.9. The zero-order chi connectivity index (χ0) is 18.4. The lowest BCUT2D eigenvalue weighted by Crippen LogP contribution is -2.21. The van der Waals surface area contributed by atoms with E-state index in [2.05, 4.69) is 6.58 Å². The number of nitrogens with zero attached hydrogens (tertiary/aromatic N) is 1. The standard InChI is InChI=1S/C17H20F3NO3/c1-5-24-17(23)10(2)16(22)12-6-11(7-18)13(8-19)15(21(3)4)14(12)9-20/h6H,2,5,7-9H2,1,3-4H3. The summed E-state index contributed by atoms with van der Waals surface area (Å²) in [6.07, 6.45) is 0. The Morgan fingerprint density at radius 1 is 1.12 bits per heavy atom. The van der Waals surface area contributed by atoms with E-state index < -0.39 is 37.3 Å². The van der Waals surface area contributed by atoms with Crippen LogP contribution < -0.4 is 4.90 Å². The molecule has 0 aromatic heterocycles. The molecule has 7 heteroatoms. The molecule has 1 aromatic carbocycles. The monoisotopic (exact) mass is 343 g/mol. The van der Waals surface area contributed by atoms with Crippen LogP contribution in [0.25, 0.3) is 0 Å². The first-order valence-corrected chi connectivity index (χ1v) is 7.27. The van der Waals surface area contributed by atoms with Gasteiger partial charge in [0.2, 0.25) is 0 Å². The molecular formula is C17H20F3NO3. The highest BCUT2D eigenvalue weighted by atomic mass is 19.1. The fraction of sp³-hybridized carbons (Fsp3) is 0.412. The summed E-state index contributed by atoms with van der Waals surface area (Å²) in [5.41, 5.74) is -0.819. The molecule has 0 bridgehead atoms. The van der Waals surface area contributed by atoms with Gasteiger partial charge in [0.25, 0.3) is 0 Å². The topological polar surface area (TPSA) is 46.6 Å². The number of benzene rings is 1. The van der Waals surface area contributed by atoms with Gasteiger partial charge in [-0.3, -0.25) is 4.79 Å². The van der Waals surface area contributed by atoms with Crippen LogP contribution in [0.2, 0.25) is 0 Å². The second-order valence-corrected chi connectivity index (χ2v) is 5.21. The van der Waals surface area contributed by atoms with E-state index in [1.54, 1.807) is 6.92 Å². The van der Waals surface area contributed by atoms with E-state index in [0.717, 1.165) is 6.07 Å². The van der Waals surface area contributed by atoms with Gasteiger partial charge in [-0.05, 0) is 18.6 Å². The fourth-order valence-electron chi connectivity index (χ4n) is 2.43. The summed E-state index contributed by atoms with van der Waals surface area (Å²) in [6.45, 7) is 1.86. The molecule has 0 fully saturated rings. The van der Waals surface area contributed by atoms with Gasteiger partial charge >= 0.3 is 5.97 Å². The number of hydrogen-bond acceptors (Lipinski definition) is 4. The van der Waals surface area contributed by atoms with E-state index in [1.807, 2.05) is 0 Å². The van der Waals surface area contributed by atoms with Crippen LogP contribution in [-0.4, -0.2) is 32.5 Å². The molecule has 0 unspecified atom stereocenters. The van der Waals surface area contributed by atoms with Crippen LogP contribution in [0.4, 0.5) is 18.9 Å². The molecule has 0 heterocycles. The predicted molar refractivity (Wildman–Crippen MR) is 85.3 cm³/mol. The van der Waals surface area contributed by atoms with Crippen LogP contribution in [0.15, 0.2) is 18.2 Å². The van der Waals surface area contributed by atoms with Crippen LogP contribution in [0.3, 0.4) is 0 Å². The van der Waals surface area contributed by atoms with Crippen LogP contribution in [0.5, 0.6) is 0 Å². The van der Waals surface area contributed by atoms with Crippen molar-refractivity contribution in [1.82, 2.24) is 0 Å². The highest BCUT2D eigenvalue weighted by molar-refractivity contribution is 6.24. The van der Waals surface area contributed by atoms with Crippen molar-refractivity contribution in [2.45, 2.75) is 26.9 Å². The molecule has 0 saturated carbocycles. The van der Waals surface area contributed by atoms with E-state index in [-0.39, 0.29) is 34.5 Å². The quantitative estimate of drug-likeness (QED) is 0.238. The predicted octanol–water partition coefficient (Wildman–Crippen LogP) is 3.46. The number of esters is 1. The first kappa shape index (κ1) is 19.7. The van der Waals surface area contributed by atoms with Gasteiger partial charge in [0.1, 0.15) is 25.6 Å². The Hall–Kier alpha value is -2.31. The summed E-state index contributed by atoms with van der Waals surface area (Å²) >= 11 is 0. The van der Waals surface area contributed by atoms with Gasteiger partial charge in [-0.15, -0.1) is 0 Å². The molecule has 0 saturated heterocycles. The van der Waals surface area contributed by atoms with Crippen LogP contribution in [0.1, 0.15) is 34.0 Å². The number of Topliss-reactive ketones (excluding diaryl/α,β-unsaturated/α-hetero) is 1. The summed E-state index contributed by atoms with van der Waals surface area (Å²) in [7, 11) is 3.06. The van der Waals surface area contributed by atoms with Crippen LogP contribution >= 0.6 is 0 Å². The minimum absolute atomic E-state index is 0.0200. The third-order valence-corrected chi connectivity index (χ3v) is 3.50. The minimum atomic E-state index is -1.08. The van der Waals surface area contributed by atoms with Gasteiger partial charge < -0.3 is 9.64 Å². The molecule has 0 amide bonds. The first-order valence-electron chi connectivity index (χ1n) is 7.27. The largest absolute Gasteiger partial charge is 0.462 e. The Kier molecular flexibility index (Phi) is 7.00. The van der Waals surface area contributed by atoms with Crippen molar-refractivity contribution in [1.29, 1.82) is 0 Å². The van der Waals surface area contributed by atoms with E-state index in [9.17, 15) is 22.8 Å². The SMILES string of the molecule is C=C(C(=O)OCC)C(=O)c1cc(CF)c(CF)c(N(C)C)c1CF. The average molecular weight is 343 g/mol. The minimum Gasteiger partial charge on any atom is -0.462 e.